The van der Waals surface area contributed by atoms with Crippen LogP contribution < -0.4 is 5.73 Å². The third-order valence-electron chi connectivity index (χ3n) is 0.439. The van der Waals surface area contributed by atoms with Crippen molar-refractivity contribution in [3.05, 3.63) is 12.3 Å². The lowest BCUT2D eigenvalue weighted by Crippen LogP contribution is -1.94. The smallest absolute Gasteiger partial charge is 0.0752 e. The first-order valence-corrected chi connectivity index (χ1v) is 1.91. The van der Waals surface area contributed by atoms with Crippen LogP contribution in [0.2, 0.25) is 0 Å². The van der Waals surface area contributed by atoms with Gasteiger partial charge in [-0.3, -0.25) is 0 Å². The largest absolute Gasteiger partial charge is 0.516 e. The molecule has 3 N–H and O–H groups in total. The van der Waals surface area contributed by atoms with Crippen molar-refractivity contribution in [2.45, 2.75) is 6.42 Å². The Morgan fingerprint density at radius 2 is 2.33 bits per heavy atom. The average Bonchev–Trinajstić information content (AvgIpc) is 1.61. The first kappa shape index (κ1) is 5.50. The Morgan fingerprint density at radius 3 is 2.50 bits per heavy atom. The summed E-state index contributed by atoms with van der Waals surface area (Å²) >= 11 is 0. The van der Waals surface area contributed by atoms with Gasteiger partial charge in [0, 0.05) is 0 Å². The normalized spacial score (nSPS) is 10.2. The summed E-state index contributed by atoms with van der Waals surface area (Å²) in [4.78, 5) is 0. The van der Waals surface area contributed by atoms with Crippen molar-refractivity contribution in [1.82, 2.24) is 0 Å². The number of nitrogens with two attached hydrogens (primary N) is 1. The zero-order valence-electron chi connectivity index (χ0n) is 3.59. The third-order valence-corrected chi connectivity index (χ3v) is 0.439. The molecular formula is C4H9NO. The lowest BCUT2D eigenvalue weighted by atomic mass is 10.4. The minimum atomic E-state index is 0.608. The van der Waals surface area contributed by atoms with Crippen molar-refractivity contribution in [2.24, 2.45) is 5.73 Å². The number of rotatable bonds is 2. The van der Waals surface area contributed by atoms with E-state index in [4.69, 9.17) is 10.8 Å². The number of hydrogen-bond donors (Lipinski definition) is 2. The highest BCUT2D eigenvalue weighted by Crippen LogP contribution is 1.71. The first-order valence-electron chi connectivity index (χ1n) is 1.91. The van der Waals surface area contributed by atoms with Gasteiger partial charge in [0.1, 0.15) is 0 Å². The summed E-state index contributed by atoms with van der Waals surface area (Å²) in [5, 5.41) is 7.96. The number of aliphatic hydroxyl groups is 1. The van der Waals surface area contributed by atoms with Crippen LogP contribution >= 0.6 is 0 Å². The van der Waals surface area contributed by atoms with Crippen molar-refractivity contribution in [3.63, 3.8) is 0 Å². The molecule has 0 aromatic rings. The lowest BCUT2D eigenvalue weighted by molar-refractivity contribution is 0.471. The van der Waals surface area contributed by atoms with Crippen LogP contribution in [0.3, 0.4) is 0 Å². The zero-order valence-corrected chi connectivity index (χ0v) is 3.59. The van der Waals surface area contributed by atoms with E-state index in [0.717, 1.165) is 12.7 Å². The van der Waals surface area contributed by atoms with Crippen LogP contribution in [0.25, 0.3) is 0 Å². The predicted molar refractivity (Wildman–Crippen MR) is 25.4 cm³/mol. The average molecular weight is 87.1 g/mol. The monoisotopic (exact) mass is 87.1 g/mol. The number of aliphatic hydroxyl groups excluding tert-OH is 1. The second-order valence-electron chi connectivity index (χ2n) is 0.962. The molecule has 0 fully saturated rings. The quantitative estimate of drug-likeness (QED) is 0.479. The van der Waals surface area contributed by atoms with Crippen molar-refractivity contribution < 1.29 is 5.11 Å². The molecule has 0 atom stereocenters. The van der Waals surface area contributed by atoms with E-state index in [0.29, 0.717) is 6.54 Å². The SMILES string of the molecule is NCCC=CO. The Labute approximate surface area is 37.3 Å². The van der Waals surface area contributed by atoms with Crippen LogP contribution in [-0.4, -0.2) is 11.7 Å². The van der Waals surface area contributed by atoms with Gasteiger partial charge in [0.05, 0.1) is 6.26 Å². The summed E-state index contributed by atoms with van der Waals surface area (Å²) in [6.07, 6.45) is 3.38. The Bertz CT molecular complexity index is 42.8. The maximum atomic E-state index is 7.96. The molecule has 0 bridgehead atoms. The van der Waals surface area contributed by atoms with Crippen molar-refractivity contribution in [1.29, 1.82) is 0 Å². The summed E-state index contributed by atoms with van der Waals surface area (Å²) in [5.74, 6) is 0. The molecule has 0 aliphatic heterocycles. The van der Waals surface area contributed by atoms with E-state index < -0.39 is 0 Å². The van der Waals surface area contributed by atoms with E-state index in [9.17, 15) is 0 Å². The molecule has 0 saturated heterocycles. The maximum Gasteiger partial charge on any atom is 0.0752 e. The van der Waals surface area contributed by atoms with Crippen LogP contribution in [0, 0.1) is 0 Å². The van der Waals surface area contributed by atoms with Gasteiger partial charge in [0.2, 0.25) is 0 Å². The van der Waals surface area contributed by atoms with Gasteiger partial charge in [0.15, 0.2) is 0 Å². The molecule has 36 valence electrons. The van der Waals surface area contributed by atoms with E-state index in [1.165, 1.54) is 0 Å². The van der Waals surface area contributed by atoms with Gasteiger partial charge in [0.25, 0.3) is 0 Å². The van der Waals surface area contributed by atoms with E-state index in [-0.39, 0.29) is 0 Å². The Kier molecular flexibility index (Phi) is 4.12. The fourth-order valence-electron chi connectivity index (χ4n) is 0.171. The summed E-state index contributed by atoms with van der Waals surface area (Å²) < 4.78 is 0. The van der Waals surface area contributed by atoms with Gasteiger partial charge in [-0.05, 0) is 19.0 Å². The van der Waals surface area contributed by atoms with Gasteiger partial charge in [-0.15, -0.1) is 0 Å². The van der Waals surface area contributed by atoms with Crippen LogP contribution in [0.15, 0.2) is 12.3 Å². The van der Waals surface area contributed by atoms with Crippen molar-refractivity contribution in [2.75, 3.05) is 6.54 Å². The third kappa shape index (κ3) is 3.50. The van der Waals surface area contributed by atoms with E-state index in [1.807, 2.05) is 0 Å². The molecule has 2 heteroatoms. The molecule has 0 spiro atoms. The molecule has 0 aliphatic rings. The summed E-state index contributed by atoms with van der Waals surface area (Å²) in [6.45, 7) is 0.608. The van der Waals surface area contributed by atoms with E-state index in [2.05, 4.69) is 0 Å². The highest BCUT2D eigenvalue weighted by Gasteiger charge is 1.65. The van der Waals surface area contributed by atoms with Crippen LogP contribution in [0.1, 0.15) is 6.42 Å². The standard InChI is InChI=1S/C4H9NO/c5-3-1-2-4-6/h2,4,6H,1,3,5H2. The Balaban J connectivity index is 2.66. The van der Waals surface area contributed by atoms with Gasteiger partial charge >= 0.3 is 0 Å². The zero-order chi connectivity index (χ0) is 4.83. The second-order valence-corrected chi connectivity index (χ2v) is 0.962. The molecule has 0 unspecified atom stereocenters. The number of hydrogen-bond acceptors (Lipinski definition) is 2. The maximum absolute atomic E-state index is 7.96. The summed E-state index contributed by atoms with van der Waals surface area (Å²) in [6, 6.07) is 0. The van der Waals surface area contributed by atoms with E-state index in [1.54, 1.807) is 6.08 Å². The van der Waals surface area contributed by atoms with Gasteiger partial charge in [-0.2, -0.15) is 0 Å². The van der Waals surface area contributed by atoms with Crippen molar-refractivity contribution in [3.8, 4) is 0 Å². The lowest BCUT2D eigenvalue weighted by Gasteiger charge is -1.77. The molecule has 0 aliphatic carbocycles. The van der Waals surface area contributed by atoms with Crippen LogP contribution in [-0.2, 0) is 0 Å². The van der Waals surface area contributed by atoms with E-state index >= 15 is 0 Å². The fourth-order valence-corrected chi connectivity index (χ4v) is 0.171. The highest BCUT2D eigenvalue weighted by atomic mass is 16.2. The molecule has 0 aromatic carbocycles. The second kappa shape index (κ2) is 4.50. The fraction of sp³-hybridized carbons (Fsp3) is 0.500. The Morgan fingerprint density at radius 1 is 1.67 bits per heavy atom. The molecule has 0 aromatic heterocycles. The van der Waals surface area contributed by atoms with Gasteiger partial charge in [-0.25, -0.2) is 0 Å². The highest BCUT2D eigenvalue weighted by molar-refractivity contribution is 4.70. The van der Waals surface area contributed by atoms with Gasteiger partial charge < -0.3 is 10.8 Å². The minimum absolute atomic E-state index is 0.608. The minimum Gasteiger partial charge on any atom is -0.516 e. The summed E-state index contributed by atoms with van der Waals surface area (Å²) in [5.41, 5.74) is 5.05. The Hall–Kier alpha value is -0.500. The molecule has 2 nitrogen and oxygen atoms in total. The topological polar surface area (TPSA) is 46.2 Å². The molecule has 0 rings (SSSR count). The van der Waals surface area contributed by atoms with Crippen molar-refractivity contribution >= 4 is 0 Å². The summed E-state index contributed by atoms with van der Waals surface area (Å²) in [7, 11) is 0. The molecule has 0 radical (unpaired) electrons. The molecule has 0 heterocycles. The first-order chi connectivity index (χ1) is 2.91. The molecule has 0 saturated carbocycles. The van der Waals surface area contributed by atoms with Crippen LogP contribution in [0.4, 0.5) is 0 Å². The predicted octanol–water partition coefficient (Wildman–Crippen LogP) is 0.407. The molecule has 6 heavy (non-hydrogen) atoms. The molecular weight excluding hydrogens is 78.0 g/mol. The molecule has 0 amide bonds. The van der Waals surface area contributed by atoms with Gasteiger partial charge in [-0.1, -0.05) is 0 Å². The van der Waals surface area contributed by atoms with Crippen LogP contribution in [0.5, 0.6) is 0 Å².